The zero-order valence-electron chi connectivity index (χ0n) is 18.3. The van der Waals surface area contributed by atoms with Crippen molar-refractivity contribution in [2.75, 3.05) is 18.1 Å². The molecule has 1 aliphatic carbocycles. The minimum atomic E-state index is -3.13. The topological polar surface area (TPSA) is 93.6 Å². The average Bonchev–Trinajstić information content (AvgIpc) is 3.59. The van der Waals surface area contributed by atoms with Crippen LogP contribution in [0.1, 0.15) is 29.6 Å². The van der Waals surface area contributed by atoms with Crippen LogP contribution in [0.15, 0.2) is 54.6 Å². The van der Waals surface area contributed by atoms with Crippen LogP contribution < -0.4 is 0 Å². The molecule has 1 atom stereocenters. The average molecular weight is 499 g/mol. The van der Waals surface area contributed by atoms with Gasteiger partial charge in [-0.05, 0) is 43.5 Å². The number of halogens is 1. The van der Waals surface area contributed by atoms with Gasteiger partial charge in [0.2, 0.25) is 0 Å². The minimum Gasteiger partial charge on any atom is -0.452 e. The SMILES string of the molecule is O=C(OCC(=O)N(C1CC1)[C@@H]1CCS(=O)(=O)C1)c1cc(-c2ccc(Cl)cc2)nc2ccccc12. The third-order valence-electron chi connectivity index (χ3n) is 6.23. The van der Waals surface area contributed by atoms with Gasteiger partial charge < -0.3 is 9.64 Å². The van der Waals surface area contributed by atoms with Crippen molar-refractivity contribution in [3.63, 3.8) is 0 Å². The first-order chi connectivity index (χ1) is 16.3. The van der Waals surface area contributed by atoms with Crippen LogP contribution in [0.3, 0.4) is 0 Å². The van der Waals surface area contributed by atoms with Gasteiger partial charge in [-0.2, -0.15) is 0 Å². The Morgan fingerprint density at radius 2 is 1.76 bits per heavy atom. The van der Waals surface area contributed by atoms with E-state index in [1.807, 2.05) is 30.3 Å². The van der Waals surface area contributed by atoms with E-state index in [-0.39, 0.29) is 29.5 Å². The first-order valence-electron chi connectivity index (χ1n) is 11.2. The van der Waals surface area contributed by atoms with E-state index in [0.29, 0.717) is 33.6 Å². The number of hydrogen-bond donors (Lipinski definition) is 0. The van der Waals surface area contributed by atoms with E-state index in [2.05, 4.69) is 4.98 Å². The highest BCUT2D eigenvalue weighted by Crippen LogP contribution is 2.32. The molecule has 5 rings (SSSR count). The normalized spacial score (nSPS) is 19.1. The lowest BCUT2D eigenvalue weighted by Crippen LogP contribution is -2.44. The lowest BCUT2D eigenvalue weighted by Gasteiger charge is -2.28. The predicted octanol–water partition coefficient (Wildman–Crippen LogP) is 3.89. The summed E-state index contributed by atoms with van der Waals surface area (Å²) in [5, 5.41) is 1.22. The highest BCUT2D eigenvalue weighted by Gasteiger charge is 2.42. The molecule has 0 spiro atoms. The molecule has 0 unspecified atom stereocenters. The molecular weight excluding hydrogens is 476 g/mol. The molecule has 1 amide bonds. The molecule has 34 heavy (non-hydrogen) atoms. The molecule has 1 aliphatic heterocycles. The van der Waals surface area contributed by atoms with Crippen molar-refractivity contribution in [1.29, 1.82) is 0 Å². The van der Waals surface area contributed by atoms with Gasteiger partial charge in [0.25, 0.3) is 5.91 Å². The third-order valence-corrected chi connectivity index (χ3v) is 8.24. The van der Waals surface area contributed by atoms with Crippen LogP contribution in [-0.4, -0.2) is 60.4 Å². The van der Waals surface area contributed by atoms with Gasteiger partial charge >= 0.3 is 5.97 Å². The maximum Gasteiger partial charge on any atom is 0.339 e. The number of hydrogen-bond acceptors (Lipinski definition) is 6. The Morgan fingerprint density at radius 1 is 1.03 bits per heavy atom. The van der Waals surface area contributed by atoms with E-state index < -0.39 is 22.4 Å². The second kappa shape index (κ2) is 9.00. The first-order valence-corrected chi connectivity index (χ1v) is 13.3. The van der Waals surface area contributed by atoms with E-state index >= 15 is 0 Å². The summed E-state index contributed by atoms with van der Waals surface area (Å²) in [5.74, 6) is -0.918. The standard InChI is InChI=1S/C25H23ClN2O5S/c26-17-7-5-16(6-8-17)23-13-21(20-3-1-2-4-22(20)27-23)25(30)33-14-24(29)28(18-9-10-18)19-11-12-34(31,32)15-19/h1-8,13,18-19H,9-12,14-15H2/t19-/m1/s1. The second-order valence-corrected chi connectivity index (χ2v) is 11.4. The van der Waals surface area contributed by atoms with Gasteiger partial charge in [-0.1, -0.05) is 41.9 Å². The monoisotopic (exact) mass is 498 g/mol. The number of rotatable bonds is 6. The second-order valence-electron chi connectivity index (χ2n) is 8.74. The van der Waals surface area contributed by atoms with Crippen molar-refractivity contribution in [2.45, 2.75) is 31.3 Å². The summed E-state index contributed by atoms with van der Waals surface area (Å²) in [6.45, 7) is -0.432. The number of fused-ring (bicyclic) bond motifs is 1. The molecule has 1 saturated carbocycles. The van der Waals surface area contributed by atoms with Crippen molar-refractivity contribution in [3.8, 4) is 11.3 Å². The number of para-hydroxylation sites is 1. The van der Waals surface area contributed by atoms with Crippen molar-refractivity contribution >= 4 is 44.2 Å². The van der Waals surface area contributed by atoms with Gasteiger partial charge in [-0.3, -0.25) is 4.79 Å². The van der Waals surface area contributed by atoms with Crippen LogP contribution in [-0.2, 0) is 19.4 Å². The zero-order chi connectivity index (χ0) is 23.9. The maximum absolute atomic E-state index is 13.1. The predicted molar refractivity (Wildman–Crippen MR) is 129 cm³/mol. The smallest absolute Gasteiger partial charge is 0.339 e. The lowest BCUT2D eigenvalue weighted by molar-refractivity contribution is -0.137. The first kappa shape index (κ1) is 22.8. The van der Waals surface area contributed by atoms with Crippen molar-refractivity contribution in [2.24, 2.45) is 0 Å². The number of carbonyl (C=O) groups is 2. The minimum absolute atomic E-state index is 0.0252. The van der Waals surface area contributed by atoms with E-state index in [4.69, 9.17) is 16.3 Å². The van der Waals surface area contributed by atoms with Gasteiger partial charge in [0.1, 0.15) is 0 Å². The molecule has 7 nitrogen and oxygen atoms in total. The van der Waals surface area contributed by atoms with Crippen LogP contribution >= 0.6 is 11.6 Å². The molecule has 2 fully saturated rings. The summed E-state index contributed by atoms with van der Waals surface area (Å²) < 4.78 is 29.3. The maximum atomic E-state index is 13.1. The number of benzene rings is 2. The number of nitrogens with zero attached hydrogens (tertiary/aromatic N) is 2. The molecule has 0 N–H and O–H groups in total. The Balaban J connectivity index is 1.38. The van der Waals surface area contributed by atoms with Crippen molar-refractivity contribution in [3.05, 3.63) is 65.2 Å². The Morgan fingerprint density at radius 3 is 2.44 bits per heavy atom. The number of amides is 1. The van der Waals surface area contributed by atoms with Gasteiger partial charge in [-0.15, -0.1) is 0 Å². The largest absolute Gasteiger partial charge is 0.452 e. The van der Waals surface area contributed by atoms with Crippen molar-refractivity contribution < 1.29 is 22.7 Å². The fourth-order valence-electron chi connectivity index (χ4n) is 4.45. The highest BCUT2D eigenvalue weighted by atomic mass is 35.5. The van der Waals surface area contributed by atoms with Crippen LogP contribution in [0.2, 0.25) is 5.02 Å². The number of carbonyl (C=O) groups excluding carboxylic acids is 2. The van der Waals surface area contributed by atoms with E-state index in [1.165, 1.54) is 0 Å². The number of pyridine rings is 1. The van der Waals surface area contributed by atoms with E-state index in [1.54, 1.807) is 29.2 Å². The van der Waals surface area contributed by atoms with Gasteiger partial charge in [0.15, 0.2) is 16.4 Å². The number of sulfone groups is 1. The van der Waals surface area contributed by atoms with Crippen LogP contribution in [0, 0.1) is 0 Å². The Labute approximate surface area is 202 Å². The molecule has 176 valence electrons. The van der Waals surface area contributed by atoms with Crippen LogP contribution in [0.25, 0.3) is 22.2 Å². The molecule has 3 aromatic rings. The fourth-order valence-corrected chi connectivity index (χ4v) is 6.28. The van der Waals surface area contributed by atoms with Crippen LogP contribution in [0.4, 0.5) is 0 Å². The molecule has 1 saturated heterocycles. The molecule has 2 aliphatic rings. The summed E-state index contributed by atoms with van der Waals surface area (Å²) in [6, 6.07) is 15.7. The van der Waals surface area contributed by atoms with E-state index in [9.17, 15) is 18.0 Å². The number of aromatic nitrogens is 1. The van der Waals surface area contributed by atoms with E-state index in [0.717, 1.165) is 18.4 Å². The number of esters is 1. The molecule has 0 bridgehead atoms. The summed E-state index contributed by atoms with van der Waals surface area (Å²) in [4.78, 5) is 32.3. The Hall–Kier alpha value is -2.97. The molecule has 0 radical (unpaired) electrons. The Bertz CT molecular complexity index is 1370. The lowest BCUT2D eigenvalue weighted by atomic mass is 10.0. The summed E-state index contributed by atoms with van der Waals surface area (Å²) in [6.07, 6.45) is 2.11. The fraction of sp³-hybridized carbons (Fsp3) is 0.320. The highest BCUT2D eigenvalue weighted by molar-refractivity contribution is 7.91. The summed E-state index contributed by atoms with van der Waals surface area (Å²) in [7, 11) is -3.13. The molecule has 9 heteroatoms. The summed E-state index contributed by atoms with van der Waals surface area (Å²) >= 11 is 6.00. The van der Waals surface area contributed by atoms with Crippen LogP contribution in [0.5, 0.6) is 0 Å². The molecule has 2 heterocycles. The molecule has 2 aromatic carbocycles. The third kappa shape index (κ3) is 4.79. The summed E-state index contributed by atoms with van der Waals surface area (Å²) in [5.41, 5.74) is 2.32. The zero-order valence-corrected chi connectivity index (χ0v) is 19.9. The van der Waals surface area contributed by atoms with Gasteiger partial charge in [0.05, 0.1) is 28.3 Å². The van der Waals surface area contributed by atoms with Gasteiger partial charge in [0, 0.05) is 28.1 Å². The van der Waals surface area contributed by atoms with Crippen molar-refractivity contribution in [1.82, 2.24) is 9.88 Å². The number of ether oxygens (including phenoxy) is 1. The molecule has 1 aromatic heterocycles. The molecular formula is C25H23ClN2O5S. The van der Waals surface area contributed by atoms with Gasteiger partial charge in [-0.25, -0.2) is 18.2 Å². The quantitative estimate of drug-likeness (QED) is 0.479. The Kier molecular flexibility index (Phi) is 6.04.